The molecule has 0 saturated heterocycles. The van der Waals surface area contributed by atoms with Crippen LogP contribution in [0.15, 0.2) is 4.42 Å². The van der Waals surface area contributed by atoms with Gasteiger partial charge in [-0.05, 0) is 34.1 Å². The third-order valence-electron chi connectivity index (χ3n) is 2.78. The number of nitrogens with one attached hydrogen (secondary N) is 1. The van der Waals surface area contributed by atoms with Gasteiger partial charge in [-0.3, -0.25) is 0 Å². The molecule has 1 N–H and O–H groups in total. The molecule has 0 aliphatic heterocycles. The van der Waals surface area contributed by atoms with Crippen LogP contribution >= 0.6 is 0 Å². The molecule has 0 amide bonds. The maximum Gasteiger partial charge on any atom is 0.318 e. The minimum absolute atomic E-state index is 0.0528. The number of hydrogen-bond donors (Lipinski definition) is 1. The van der Waals surface area contributed by atoms with Gasteiger partial charge >= 0.3 is 6.01 Å². The average Bonchev–Trinajstić information content (AvgIpc) is 2.72. The molecule has 0 aliphatic carbocycles. The van der Waals surface area contributed by atoms with Crippen LogP contribution in [-0.4, -0.2) is 28.8 Å². The monoisotopic (exact) mass is 240 g/mol. The van der Waals surface area contributed by atoms with E-state index in [1.807, 2.05) is 11.9 Å². The summed E-state index contributed by atoms with van der Waals surface area (Å²) >= 11 is 0. The summed E-state index contributed by atoms with van der Waals surface area (Å²) in [5.41, 5.74) is 0.0528. The molecule has 0 aromatic carbocycles. The van der Waals surface area contributed by atoms with Gasteiger partial charge in [0.1, 0.15) is 0 Å². The Kier molecular flexibility index (Phi) is 4.51. The average molecular weight is 240 g/mol. The molecule has 0 saturated carbocycles. The van der Waals surface area contributed by atoms with Gasteiger partial charge in [-0.15, -0.1) is 5.10 Å². The van der Waals surface area contributed by atoms with E-state index in [9.17, 15) is 0 Å². The molecule has 0 aliphatic rings. The lowest BCUT2D eigenvalue weighted by Gasteiger charge is -2.21. The van der Waals surface area contributed by atoms with Gasteiger partial charge in [-0.1, -0.05) is 12.0 Å². The van der Waals surface area contributed by atoms with Gasteiger partial charge in [-0.2, -0.15) is 0 Å². The Labute approximate surface area is 104 Å². The van der Waals surface area contributed by atoms with Gasteiger partial charge < -0.3 is 14.6 Å². The van der Waals surface area contributed by atoms with Crippen molar-refractivity contribution in [2.75, 3.05) is 11.9 Å². The molecule has 0 radical (unpaired) electrons. The molecule has 1 aromatic rings. The van der Waals surface area contributed by atoms with Crippen LogP contribution in [0.25, 0.3) is 0 Å². The van der Waals surface area contributed by atoms with Gasteiger partial charge in [0, 0.05) is 18.6 Å². The highest BCUT2D eigenvalue weighted by atomic mass is 16.4. The minimum Gasteiger partial charge on any atom is -0.407 e. The van der Waals surface area contributed by atoms with Crippen molar-refractivity contribution in [2.45, 2.75) is 59.2 Å². The van der Waals surface area contributed by atoms with Crippen molar-refractivity contribution < 1.29 is 4.42 Å². The SMILES string of the molecule is CCC(C)N(C)c1nnc(CNC(C)(C)C)o1. The van der Waals surface area contributed by atoms with Crippen molar-refractivity contribution in [2.24, 2.45) is 0 Å². The normalized spacial score (nSPS) is 13.8. The Morgan fingerprint density at radius 1 is 1.35 bits per heavy atom. The van der Waals surface area contributed by atoms with Crippen LogP contribution in [0.3, 0.4) is 0 Å². The van der Waals surface area contributed by atoms with E-state index in [-0.39, 0.29) is 5.54 Å². The van der Waals surface area contributed by atoms with Gasteiger partial charge in [0.2, 0.25) is 5.89 Å². The van der Waals surface area contributed by atoms with Crippen molar-refractivity contribution in [3.05, 3.63) is 5.89 Å². The maximum atomic E-state index is 5.60. The molecule has 1 aromatic heterocycles. The van der Waals surface area contributed by atoms with Gasteiger partial charge in [0.05, 0.1) is 6.54 Å². The smallest absolute Gasteiger partial charge is 0.318 e. The summed E-state index contributed by atoms with van der Waals surface area (Å²) in [5.74, 6) is 0.630. The van der Waals surface area contributed by atoms with Gasteiger partial charge in [-0.25, -0.2) is 0 Å². The van der Waals surface area contributed by atoms with Crippen molar-refractivity contribution in [3.63, 3.8) is 0 Å². The van der Waals surface area contributed by atoms with Gasteiger partial charge in [0.15, 0.2) is 0 Å². The molecule has 17 heavy (non-hydrogen) atoms. The predicted octanol–water partition coefficient (Wildman–Crippen LogP) is 2.19. The van der Waals surface area contributed by atoms with E-state index < -0.39 is 0 Å². The Morgan fingerprint density at radius 3 is 2.53 bits per heavy atom. The number of aromatic nitrogens is 2. The van der Waals surface area contributed by atoms with Crippen LogP contribution in [0, 0.1) is 0 Å². The number of nitrogens with zero attached hydrogens (tertiary/aromatic N) is 3. The number of hydrogen-bond acceptors (Lipinski definition) is 5. The van der Waals surface area contributed by atoms with Crippen LogP contribution in [0.2, 0.25) is 0 Å². The molecular weight excluding hydrogens is 216 g/mol. The highest BCUT2D eigenvalue weighted by molar-refractivity contribution is 5.23. The molecule has 1 atom stereocenters. The predicted molar refractivity (Wildman–Crippen MR) is 69.0 cm³/mol. The molecule has 0 spiro atoms. The van der Waals surface area contributed by atoms with Crippen molar-refractivity contribution >= 4 is 6.01 Å². The lowest BCUT2D eigenvalue weighted by molar-refractivity contribution is 0.379. The van der Waals surface area contributed by atoms with Crippen LogP contribution in [0.4, 0.5) is 6.01 Å². The van der Waals surface area contributed by atoms with Crippen molar-refractivity contribution in [1.29, 1.82) is 0 Å². The number of rotatable bonds is 5. The molecule has 5 heteroatoms. The van der Waals surface area contributed by atoms with E-state index in [1.165, 1.54) is 0 Å². The standard InChI is InChI=1S/C12H24N4O/c1-7-9(2)16(6)11-15-14-10(17-11)8-13-12(3,4)5/h9,13H,7-8H2,1-6H3. The highest BCUT2D eigenvalue weighted by Gasteiger charge is 2.16. The second-order valence-corrected chi connectivity index (χ2v) is 5.45. The summed E-state index contributed by atoms with van der Waals surface area (Å²) in [5, 5.41) is 11.4. The lowest BCUT2D eigenvalue weighted by Crippen LogP contribution is -2.35. The van der Waals surface area contributed by atoms with E-state index in [1.54, 1.807) is 0 Å². The molecular formula is C12H24N4O. The van der Waals surface area contributed by atoms with Crippen molar-refractivity contribution in [3.8, 4) is 0 Å². The number of anilines is 1. The van der Waals surface area contributed by atoms with Crippen LogP contribution in [0.1, 0.15) is 46.9 Å². The van der Waals surface area contributed by atoms with E-state index in [0.717, 1.165) is 6.42 Å². The molecule has 0 fully saturated rings. The van der Waals surface area contributed by atoms with Crippen LogP contribution in [0.5, 0.6) is 0 Å². The fraction of sp³-hybridized carbons (Fsp3) is 0.833. The van der Waals surface area contributed by atoms with E-state index in [4.69, 9.17) is 4.42 Å². The van der Waals surface area contributed by atoms with E-state index >= 15 is 0 Å². The summed E-state index contributed by atoms with van der Waals surface area (Å²) in [6.07, 6.45) is 1.05. The Morgan fingerprint density at radius 2 is 2.00 bits per heavy atom. The van der Waals surface area contributed by atoms with Crippen molar-refractivity contribution in [1.82, 2.24) is 15.5 Å². The molecule has 5 nitrogen and oxygen atoms in total. The fourth-order valence-corrected chi connectivity index (χ4v) is 1.26. The second-order valence-electron chi connectivity index (χ2n) is 5.45. The summed E-state index contributed by atoms with van der Waals surface area (Å²) in [6.45, 7) is 11.2. The lowest BCUT2D eigenvalue weighted by atomic mass is 10.1. The van der Waals surface area contributed by atoms with Crippen LogP contribution in [-0.2, 0) is 6.54 Å². The Hall–Kier alpha value is -1.10. The summed E-state index contributed by atoms with van der Waals surface area (Å²) in [6, 6.07) is 0.990. The first kappa shape index (κ1) is 14.0. The largest absolute Gasteiger partial charge is 0.407 e. The Balaban J connectivity index is 2.59. The Bertz CT molecular complexity index is 343. The summed E-state index contributed by atoms with van der Waals surface area (Å²) in [7, 11) is 1.97. The molecule has 1 unspecified atom stereocenters. The minimum atomic E-state index is 0.0528. The second kappa shape index (κ2) is 5.49. The highest BCUT2D eigenvalue weighted by Crippen LogP contribution is 2.15. The summed E-state index contributed by atoms with van der Waals surface area (Å²) in [4.78, 5) is 2.01. The molecule has 98 valence electrons. The zero-order valence-corrected chi connectivity index (χ0v) is 11.7. The maximum absolute atomic E-state index is 5.60. The third-order valence-corrected chi connectivity index (χ3v) is 2.78. The fourth-order valence-electron chi connectivity index (χ4n) is 1.26. The topological polar surface area (TPSA) is 54.2 Å². The first-order valence-electron chi connectivity index (χ1n) is 6.13. The zero-order chi connectivity index (χ0) is 13.1. The molecule has 1 heterocycles. The third kappa shape index (κ3) is 4.34. The molecule has 1 rings (SSSR count). The van der Waals surface area contributed by atoms with E-state index in [2.05, 4.69) is 50.1 Å². The summed E-state index contributed by atoms with van der Waals surface area (Å²) < 4.78 is 5.60. The van der Waals surface area contributed by atoms with E-state index in [0.29, 0.717) is 24.5 Å². The van der Waals surface area contributed by atoms with Gasteiger partial charge in [0.25, 0.3) is 0 Å². The van der Waals surface area contributed by atoms with Crippen LogP contribution < -0.4 is 10.2 Å². The first-order valence-corrected chi connectivity index (χ1v) is 6.13. The first-order chi connectivity index (χ1) is 7.83. The molecule has 0 bridgehead atoms. The quantitative estimate of drug-likeness (QED) is 0.855. The zero-order valence-electron chi connectivity index (χ0n) is 11.7.